The van der Waals surface area contributed by atoms with Gasteiger partial charge in [-0.05, 0) is 49.9 Å². The van der Waals surface area contributed by atoms with Crippen LogP contribution in [0.2, 0.25) is 0 Å². The fourth-order valence-electron chi connectivity index (χ4n) is 7.18. The van der Waals surface area contributed by atoms with Gasteiger partial charge in [0.15, 0.2) is 0 Å². The van der Waals surface area contributed by atoms with E-state index in [1.54, 1.807) is 0 Å². The second-order valence-corrected chi connectivity index (χ2v) is 10.9. The van der Waals surface area contributed by atoms with Crippen LogP contribution in [-0.4, -0.2) is 65.3 Å². The molecule has 0 aliphatic carbocycles. The van der Waals surface area contributed by atoms with Gasteiger partial charge in [0.1, 0.15) is 0 Å². The summed E-state index contributed by atoms with van der Waals surface area (Å²) in [5, 5.41) is 11.7. The van der Waals surface area contributed by atoms with E-state index in [1.807, 2.05) is 11.7 Å². The molecule has 1 aromatic heterocycles. The van der Waals surface area contributed by atoms with Crippen LogP contribution in [0.3, 0.4) is 0 Å². The molecule has 32 heavy (non-hydrogen) atoms. The molecule has 2 amide bonds. The number of fused-ring (bicyclic) bond motifs is 1. The van der Waals surface area contributed by atoms with Crippen molar-refractivity contribution in [1.82, 2.24) is 20.4 Å². The Balaban J connectivity index is 1.17. The van der Waals surface area contributed by atoms with Gasteiger partial charge < -0.3 is 9.80 Å². The number of quaternary nitrogens is 1. The number of rotatable bonds is 2. The Bertz CT molecular complexity index is 1070. The molecule has 5 heterocycles. The first-order valence-electron chi connectivity index (χ1n) is 12.3. The molecule has 0 saturated carbocycles. The molecule has 4 saturated heterocycles. The standard InChI is InChI=1S/C25H33N5O2/c1-29-21-14-18(2-3-19(21)23(28-29)20-4-5-22(31)27-24(20)32)17-6-12-30(13-7-17)15-25(16-30)8-10-26-11-9-25/h2-3,14,17,20,26H,4-13,15-16H2,1H3/p+1. The van der Waals surface area contributed by atoms with Crippen LogP contribution in [0.4, 0.5) is 0 Å². The molecule has 0 radical (unpaired) electrons. The minimum atomic E-state index is -0.338. The van der Waals surface area contributed by atoms with E-state index in [1.165, 1.54) is 75.0 Å². The maximum Gasteiger partial charge on any atom is 0.235 e. The lowest BCUT2D eigenvalue weighted by atomic mass is 9.69. The minimum Gasteiger partial charge on any atom is -0.322 e. The predicted octanol–water partition coefficient (Wildman–Crippen LogP) is 2.17. The van der Waals surface area contributed by atoms with Crippen molar-refractivity contribution in [1.29, 1.82) is 0 Å². The Morgan fingerprint density at radius 2 is 1.84 bits per heavy atom. The van der Waals surface area contributed by atoms with Crippen molar-refractivity contribution >= 4 is 22.7 Å². The monoisotopic (exact) mass is 436 g/mol. The summed E-state index contributed by atoms with van der Waals surface area (Å²) < 4.78 is 3.26. The van der Waals surface area contributed by atoms with Crippen molar-refractivity contribution in [3.8, 4) is 0 Å². The summed E-state index contributed by atoms with van der Waals surface area (Å²) in [5.74, 6) is -0.121. The van der Waals surface area contributed by atoms with E-state index in [-0.39, 0.29) is 17.7 Å². The van der Waals surface area contributed by atoms with Gasteiger partial charge in [0.25, 0.3) is 0 Å². The quantitative estimate of drug-likeness (QED) is 0.559. The summed E-state index contributed by atoms with van der Waals surface area (Å²) in [7, 11) is 1.96. The minimum absolute atomic E-state index is 0.181. The highest BCUT2D eigenvalue weighted by Gasteiger charge is 2.56. The first kappa shape index (κ1) is 20.4. The number of carbonyl (C=O) groups is 2. The third kappa shape index (κ3) is 3.28. The lowest BCUT2D eigenvalue weighted by Crippen LogP contribution is -2.72. The Labute approximate surface area is 189 Å². The average Bonchev–Trinajstić information content (AvgIpc) is 3.10. The van der Waals surface area contributed by atoms with Crippen molar-refractivity contribution in [2.24, 2.45) is 12.5 Å². The molecule has 1 atom stereocenters. The summed E-state index contributed by atoms with van der Waals surface area (Å²) in [6, 6.07) is 6.70. The second kappa shape index (κ2) is 7.39. The van der Waals surface area contributed by atoms with Gasteiger partial charge in [-0.15, -0.1) is 0 Å². The maximum atomic E-state index is 12.4. The number of aryl methyl sites for hydroxylation is 1. The van der Waals surface area contributed by atoms with E-state index >= 15 is 0 Å². The number of aromatic nitrogens is 2. The molecule has 4 fully saturated rings. The maximum absolute atomic E-state index is 12.4. The summed E-state index contributed by atoms with van der Waals surface area (Å²) >= 11 is 0. The van der Waals surface area contributed by atoms with Crippen molar-refractivity contribution in [2.45, 2.75) is 50.4 Å². The van der Waals surface area contributed by atoms with Crippen LogP contribution in [0.15, 0.2) is 18.2 Å². The van der Waals surface area contributed by atoms with E-state index in [9.17, 15) is 9.59 Å². The molecule has 4 aliphatic heterocycles. The average molecular weight is 437 g/mol. The van der Waals surface area contributed by atoms with Gasteiger partial charge in [0.05, 0.1) is 48.7 Å². The largest absolute Gasteiger partial charge is 0.322 e. The first-order valence-corrected chi connectivity index (χ1v) is 12.3. The zero-order valence-electron chi connectivity index (χ0n) is 19.0. The summed E-state index contributed by atoms with van der Waals surface area (Å²) in [6.07, 6.45) is 6.17. The lowest BCUT2D eigenvalue weighted by Gasteiger charge is -2.61. The fraction of sp³-hybridized carbons (Fsp3) is 0.640. The van der Waals surface area contributed by atoms with Gasteiger partial charge in [-0.1, -0.05) is 12.1 Å². The Hall–Kier alpha value is -2.25. The highest BCUT2D eigenvalue weighted by atomic mass is 16.2. The molecule has 2 N–H and O–H groups in total. The third-order valence-electron chi connectivity index (χ3n) is 8.85. The number of benzene rings is 1. The van der Waals surface area contributed by atoms with Crippen molar-refractivity contribution < 1.29 is 14.1 Å². The molecule has 4 aliphatic rings. The molecule has 6 rings (SSSR count). The second-order valence-electron chi connectivity index (χ2n) is 10.9. The van der Waals surface area contributed by atoms with Gasteiger partial charge in [0, 0.05) is 31.7 Å². The van der Waals surface area contributed by atoms with Crippen LogP contribution in [0.25, 0.3) is 10.9 Å². The van der Waals surface area contributed by atoms with E-state index in [2.05, 4.69) is 28.8 Å². The Kier molecular flexibility index (Phi) is 4.70. The van der Waals surface area contributed by atoms with Crippen molar-refractivity contribution in [2.75, 3.05) is 39.3 Å². The Morgan fingerprint density at radius 1 is 1.09 bits per heavy atom. The fourth-order valence-corrected chi connectivity index (χ4v) is 7.18. The normalized spacial score (nSPS) is 27.6. The molecule has 7 heteroatoms. The van der Waals surface area contributed by atoms with Gasteiger partial charge >= 0.3 is 0 Å². The van der Waals surface area contributed by atoms with Crippen LogP contribution in [0.1, 0.15) is 61.6 Å². The smallest absolute Gasteiger partial charge is 0.235 e. The number of amides is 2. The number of carbonyl (C=O) groups excluding carboxylic acids is 2. The summed E-state index contributed by atoms with van der Waals surface area (Å²) in [6.45, 7) is 7.83. The molecular formula is C25H34N5O2+. The molecule has 2 aromatic rings. The molecule has 1 aromatic carbocycles. The van der Waals surface area contributed by atoms with Crippen LogP contribution < -0.4 is 10.6 Å². The lowest BCUT2D eigenvalue weighted by molar-refractivity contribution is -0.988. The topological polar surface area (TPSA) is 76.0 Å². The molecule has 170 valence electrons. The van der Waals surface area contributed by atoms with Gasteiger partial charge in [-0.3, -0.25) is 19.6 Å². The zero-order valence-corrected chi connectivity index (χ0v) is 19.0. The van der Waals surface area contributed by atoms with Crippen molar-refractivity contribution in [3.63, 3.8) is 0 Å². The highest BCUT2D eigenvalue weighted by Crippen LogP contribution is 2.47. The van der Waals surface area contributed by atoms with Crippen LogP contribution in [0, 0.1) is 5.41 Å². The van der Waals surface area contributed by atoms with Gasteiger partial charge in [0.2, 0.25) is 11.8 Å². The molecule has 0 bridgehead atoms. The molecule has 1 unspecified atom stereocenters. The number of nitrogens with one attached hydrogen (secondary N) is 2. The number of imide groups is 1. The van der Waals surface area contributed by atoms with E-state index < -0.39 is 0 Å². The van der Waals surface area contributed by atoms with E-state index in [0.717, 1.165) is 16.6 Å². The van der Waals surface area contributed by atoms with Crippen LogP contribution in [-0.2, 0) is 16.6 Å². The number of nitrogens with zero attached hydrogens (tertiary/aromatic N) is 3. The predicted molar refractivity (Wildman–Crippen MR) is 122 cm³/mol. The number of hydrogen-bond donors (Lipinski definition) is 2. The Morgan fingerprint density at radius 3 is 2.56 bits per heavy atom. The zero-order chi connectivity index (χ0) is 21.9. The molecular weight excluding hydrogens is 402 g/mol. The summed E-state index contributed by atoms with van der Waals surface area (Å²) in [5.41, 5.74) is 3.94. The van der Waals surface area contributed by atoms with E-state index in [0.29, 0.717) is 24.2 Å². The van der Waals surface area contributed by atoms with Crippen molar-refractivity contribution in [3.05, 3.63) is 29.5 Å². The van der Waals surface area contributed by atoms with E-state index in [4.69, 9.17) is 5.10 Å². The van der Waals surface area contributed by atoms with Crippen LogP contribution in [0.5, 0.6) is 0 Å². The molecule has 2 spiro atoms. The van der Waals surface area contributed by atoms with Crippen LogP contribution >= 0.6 is 0 Å². The highest BCUT2D eigenvalue weighted by molar-refractivity contribution is 6.02. The summed E-state index contributed by atoms with van der Waals surface area (Å²) in [4.78, 5) is 23.9. The number of hydrogen-bond acceptors (Lipinski definition) is 4. The van der Waals surface area contributed by atoms with Gasteiger partial charge in [-0.2, -0.15) is 5.10 Å². The van der Waals surface area contributed by atoms with Gasteiger partial charge in [-0.25, -0.2) is 0 Å². The third-order valence-corrected chi connectivity index (χ3v) is 8.85. The molecule has 7 nitrogen and oxygen atoms in total. The SMILES string of the molecule is Cn1nc(C2CCC(=O)NC2=O)c2ccc(C3CC[N+]4(CC3)CC3(CCNCC3)C4)cc21. The first-order chi connectivity index (χ1) is 15.5. The number of piperidine rings is 3.